The fourth-order valence-electron chi connectivity index (χ4n) is 7.25. The highest BCUT2D eigenvalue weighted by Crippen LogP contribution is 2.65. The van der Waals surface area contributed by atoms with Gasteiger partial charge in [0.05, 0.1) is 31.0 Å². The van der Waals surface area contributed by atoms with E-state index in [1.807, 2.05) is 18.4 Å². The number of carboxylic acid groups (broad SMARTS) is 2. The molecule has 2 bridgehead atoms. The first-order valence-electron chi connectivity index (χ1n) is 15.0. The van der Waals surface area contributed by atoms with Crippen molar-refractivity contribution in [1.29, 1.82) is 0 Å². The number of hydrogen-bond donors (Lipinski definition) is 4. The van der Waals surface area contributed by atoms with Crippen molar-refractivity contribution in [3.8, 4) is 11.5 Å². The molecule has 0 saturated carbocycles. The Hall–Kier alpha value is -4.70. The molecule has 4 aliphatic rings. The molecular weight excluding hydrogens is 624 g/mol. The lowest BCUT2D eigenvalue weighted by atomic mass is 9.50. The molecule has 47 heavy (non-hydrogen) atoms. The van der Waals surface area contributed by atoms with Crippen LogP contribution in [0.1, 0.15) is 50.7 Å². The second-order valence-corrected chi connectivity index (χ2v) is 12.1. The van der Waals surface area contributed by atoms with E-state index >= 15 is 0 Å². The molecule has 7 atom stereocenters. The van der Waals surface area contributed by atoms with Crippen LogP contribution in [0, 0.1) is 0 Å². The number of esters is 3. The van der Waals surface area contributed by atoms with Crippen LogP contribution in [0.15, 0.2) is 24.0 Å². The van der Waals surface area contributed by atoms with Crippen molar-refractivity contribution in [2.24, 2.45) is 0 Å². The Morgan fingerprint density at radius 3 is 2.49 bits per heavy atom. The zero-order valence-electron chi connectivity index (χ0n) is 26.1. The topological polar surface area (TPSA) is 225 Å². The monoisotopic (exact) mass is 660 g/mol. The molecule has 16 nitrogen and oxygen atoms in total. The van der Waals surface area contributed by atoms with E-state index in [1.165, 1.54) is 7.11 Å². The van der Waals surface area contributed by atoms with E-state index in [2.05, 4.69) is 4.90 Å². The van der Waals surface area contributed by atoms with Gasteiger partial charge >= 0.3 is 29.8 Å². The molecule has 1 spiro atoms. The minimum Gasteiger partial charge on any atom is -0.493 e. The summed E-state index contributed by atoms with van der Waals surface area (Å²) in [4.78, 5) is 74.8. The van der Waals surface area contributed by atoms with Gasteiger partial charge in [-0.3, -0.25) is 19.2 Å². The minimum absolute atomic E-state index is 0.106. The molecule has 1 amide bonds. The SMILES string of the molecule is COc1ccc2c3c1O[C@H]1C(OC(=O)C[C@H](OC(C)=O)C(=O)O[C@@H](C)C(=O)N[C@@H](CC(=O)O)C(=O)O)=CC[C@@]4(O)[C@@H](C2)N(C)CC[C@]314. The Labute approximate surface area is 268 Å². The summed E-state index contributed by atoms with van der Waals surface area (Å²) in [5.74, 6) is -6.46. The van der Waals surface area contributed by atoms with E-state index in [-0.39, 0.29) is 18.2 Å². The summed E-state index contributed by atoms with van der Waals surface area (Å²) in [6.07, 6.45) is -3.37. The van der Waals surface area contributed by atoms with Gasteiger partial charge in [-0.1, -0.05) is 6.07 Å². The Morgan fingerprint density at radius 2 is 1.85 bits per heavy atom. The molecule has 0 radical (unpaired) electrons. The molecule has 254 valence electrons. The van der Waals surface area contributed by atoms with Gasteiger partial charge < -0.3 is 49.2 Å². The number of likely N-dealkylation sites (N-methyl/N-ethyl adjacent to an activating group) is 1. The standard InChI is InChI=1S/C31H36N2O14/c1-14(27(38)32-17(28(39)40)12-22(35)36)44-29(41)20(45-15(2)34)13-23(37)46-19-7-8-31(42)21-11-16-5-6-18(43-4)25-24(16)30(31,26(19)47-25)9-10-33(21)3/h5-7,14,17,20-21,26,42H,8-13H2,1-4H3,(H,32,38)(H,35,36)(H,39,40)/t14-,17-,20-,21+,26-,30-,31+/m0/s1. The van der Waals surface area contributed by atoms with Gasteiger partial charge in [0.25, 0.3) is 5.91 Å². The van der Waals surface area contributed by atoms with E-state index < -0.39 is 84.0 Å². The highest BCUT2D eigenvalue weighted by atomic mass is 16.6. The second-order valence-electron chi connectivity index (χ2n) is 12.1. The molecule has 2 aliphatic carbocycles. The van der Waals surface area contributed by atoms with Gasteiger partial charge in [0.15, 0.2) is 23.7 Å². The van der Waals surface area contributed by atoms with Crippen LogP contribution < -0.4 is 14.8 Å². The maximum Gasteiger partial charge on any atom is 0.348 e. The molecule has 1 saturated heterocycles. The average Bonchev–Trinajstić information content (AvgIpc) is 3.35. The number of benzene rings is 1. The van der Waals surface area contributed by atoms with Crippen molar-refractivity contribution in [2.45, 2.75) is 87.4 Å². The van der Waals surface area contributed by atoms with Crippen molar-refractivity contribution in [2.75, 3.05) is 20.7 Å². The maximum absolute atomic E-state index is 13.3. The molecule has 5 rings (SSSR count). The molecular formula is C31H36N2O14. The smallest absolute Gasteiger partial charge is 0.348 e. The normalized spacial score (nSPS) is 27.0. The number of carboxylic acids is 2. The fourth-order valence-corrected chi connectivity index (χ4v) is 7.25. The number of carbonyl (C=O) groups is 6. The Bertz CT molecular complexity index is 1560. The number of hydrogen-bond acceptors (Lipinski definition) is 13. The van der Waals surface area contributed by atoms with E-state index in [0.717, 1.165) is 25.0 Å². The third-order valence-electron chi connectivity index (χ3n) is 9.37. The summed E-state index contributed by atoms with van der Waals surface area (Å²) in [5.41, 5.74) is -0.406. The van der Waals surface area contributed by atoms with Crippen molar-refractivity contribution >= 4 is 35.8 Å². The van der Waals surface area contributed by atoms with Crippen LogP contribution in [0.25, 0.3) is 0 Å². The van der Waals surface area contributed by atoms with Crippen LogP contribution in [0.4, 0.5) is 0 Å². The Kier molecular flexibility index (Phi) is 8.94. The minimum atomic E-state index is -1.85. The van der Waals surface area contributed by atoms with E-state index in [0.29, 0.717) is 30.9 Å². The predicted octanol–water partition coefficient (Wildman–Crippen LogP) is -0.186. The lowest BCUT2D eigenvalue weighted by Gasteiger charge is -2.61. The largest absolute Gasteiger partial charge is 0.493 e. The van der Waals surface area contributed by atoms with Crippen LogP contribution in [0.3, 0.4) is 0 Å². The number of piperidine rings is 1. The summed E-state index contributed by atoms with van der Waals surface area (Å²) < 4.78 is 27.8. The van der Waals surface area contributed by atoms with E-state index in [9.17, 15) is 33.9 Å². The third kappa shape index (κ3) is 5.75. The molecule has 4 N–H and O–H groups in total. The summed E-state index contributed by atoms with van der Waals surface area (Å²) in [7, 11) is 3.46. The molecule has 1 fully saturated rings. The number of ether oxygens (including phenoxy) is 5. The van der Waals surface area contributed by atoms with Gasteiger partial charge in [-0.05, 0) is 51.1 Å². The number of likely N-dealkylation sites (tertiary alicyclic amines) is 1. The van der Waals surface area contributed by atoms with Gasteiger partial charge in [0.2, 0.25) is 6.10 Å². The van der Waals surface area contributed by atoms with Crippen LogP contribution >= 0.6 is 0 Å². The van der Waals surface area contributed by atoms with Crippen LogP contribution in [-0.2, 0) is 54.8 Å². The first kappa shape index (κ1) is 33.7. The predicted molar refractivity (Wildman–Crippen MR) is 155 cm³/mol. The van der Waals surface area contributed by atoms with Crippen LogP contribution in [-0.4, -0.2) is 113 Å². The maximum atomic E-state index is 13.3. The lowest BCUT2D eigenvalue weighted by molar-refractivity contribution is -0.177. The number of amides is 1. The first-order valence-corrected chi connectivity index (χ1v) is 15.0. The number of carbonyl (C=O) groups excluding carboxylic acids is 4. The van der Waals surface area contributed by atoms with Crippen molar-refractivity contribution in [3.05, 3.63) is 35.1 Å². The van der Waals surface area contributed by atoms with E-state index in [4.69, 9.17) is 33.9 Å². The van der Waals surface area contributed by atoms with Gasteiger partial charge in [-0.2, -0.15) is 0 Å². The Morgan fingerprint density at radius 1 is 1.13 bits per heavy atom. The Balaban J connectivity index is 1.33. The quantitative estimate of drug-likeness (QED) is 0.168. The molecule has 16 heteroatoms. The number of rotatable bonds is 12. The summed E-state index contributed by atoms with van der Waals surface area (Å²) in [5, 5.41) is 32.3. The molecule has 1 aromatic carbocycles. The number of nitrogens with one attached hydrogen (secondary N) is 1. The van der Waals surface area contributed by atoms with Crippen molar-refractivity contribution < 1.29 is 67.8 Å². The number of aliphatic hydroxyl groups is 1. The van der Waals surface area contributed by atoms with Crippen LogP contribution in [0.2, 0.25) is 0 Å². The average molecular weight is 661 g/mol. The fraction of sp³-hybridized carbons (Fsp3) is 0.548. The lowest BCUT2D eigenvalue weighted by Crippen LogP contribution is -2.74. The van der Waals surface area contributed by atoms with Crippen molar-refractivity contribution in [1.82, 2.24) is 10.2 Å². The molecule has 2 heterocycles. The zero-order valence-corrected chi connectivity index (χ0v) is 26.1. The van der Waals surface area contributed by atoms with Gasteiger partial charge in [-0.15, -0.1) is 0 Å². The van der Waals surface area contributed by atoms with Crippen molar-refractivity contribution in [3.63, 3.8) is 0 Å². The summed E-state index contributed by atoms with van der Waals surface area (Å²) >= 11 is 0. The van der Waals surface area contributed by atoms with E-state index in [1.54, 1.807) is 12.1 Å². The summed E-state index contributed by atoms with van der Waals surface area (Å²) in [6.45, 7) is 2.71. The molecule has 0 aromatic heterocycles. The molecule has 0 unspecified atom stereocenters. The molecule has 1 aromatic rings. The highest BCUT2D eigenvalue weighted by molar-refractivity contribution is 5.91. The second kappa shape index (κ2) is 12.5. The zero-order chi connectivity index (χ0) is 34.4. The third-order valence-corrected chi connectivity index (χ3v) is 9.37. The van der Waals surface area contributed by atoms with Gasteiger partial charge in [-0.25, -0.2) is 9.59 Å². The number of methoxy groups -OCH3 is 1. The summed E-state index contributed by atoms with van der Waals surface area (Å²) in [6, 6.07) is 1.71. The van der Waals surface area contributed by atoms with Gasteiger partial charge in [0, 0.05) is 24.9 Å². The van der Waals surface area contributed by atoms with Gasteiger partial charge in [0.1, 0.15) is 11.8 Å². The number of nitrogens with zero attached hydrogens (tertiary/aromatic N) is 1. The highest BCUT2D eigenvalue weighted by Gasteiger charge is 2.72. The van der Waals surface area contributed by atoms with Crippen LogP contribution in [0.5, 0.6) is 11.5 Å². The first-order chi connectivity index (χ1) is 22.1. The number of aliphatic carboxylic acids is 2. The molecule has 2 aliphatic heterocycles.